The molecule has 17 heavy (non-hydrogen) atoms. The minimum absolute atomic E-state index is 0.208. The van der Waals surface area contributed by atoms with Crippen molar-refractivity contribution in [3.8, 4) is 0 Å². The molecule has 3 nitrogen and oxygen atoms in total. The lowest BCUT2D eigenvalue weighted by Gasteiger charge is -2.21. The number of hydrogen-bond acceptors (Lipinski definition) is 3. The van der Waals surface area contributed by atoms with Gasteiger partial charge in [0.05, 0.1) is 0 Å². The minimum Gasteiger partial charge on any atom is -0.459 e. The zero-order valence-corrected chi connectivity index (χ0v) is 10.7. The lowest BCUT2D eigenvalue weighted by atomic mass is 9.99. The van der Waals surface area contributed by atoms with Crippen LogP contribution >= 0.6 is 0 Å². The number of hydrogen-bond donors (Lipinski definition) is 0. The molecule has 0 bridgehead atoms. The molecule has 0 N–H and O–H groups in total. The van der Waals surface area contributed by atoms with Crippen LogP contribution in [0.4, 0.5) is 0 Å². The Kier molecular flexibility index (Phi) is 4.05. The first-order chi connectivity index (χ1) is 7.81. The molecule has 0 fully saturated rings. The molecular weight excluding hydrogens is 216 g/mol. The molecule has 0 aliphatic carbocycles. The number of ether oxygens (including phenoxy) is 1. The van der Waals surface area contributed by atoms with E-state index < -0.39 is 17.5 Å². The molecule has 0 saturated heterocycles. The van der Waals surface area contributed by atoms with E-state index in [-0.39, 0.29) is 5.78 Å². The molecule has 1 aromatic carbocycles. The fraction of sp³-hybridized carbons (Fsp3) is 0.429. The van der Waals surface area contributed by atoms with Crippen molar-refractivity contribution in [1.29, 1.82) is 0 Å². The molecule has 1 rings (SSSR count). The van der Waals surface area contributed by atoms with Gasteiger partial charge in [0.2, 0.25) is 0 Å². The Labute approximate surface area is 102 Å². The van der Waals surface area contributed by atoms with E-state index >= 15 is 0 Å². The molecule has 0 heterocycles. The lowest BCUT2D eigenvalue weighted by Crippen LogP contribution is -2.31. The van der Waals surface area contributed by atoms with E-state index in [1.54, 1.807) is 52.0 Å². The van der Waals surface area contributed by atoms with Crippen LogP contribution in [-0.4, -0.2) is 17.4 Å². The van der Waals surface area contributed by atoms with E-state index in [1.807, 2.05) is 6.07 Å². The molecule has 0 saturated carbocycles. The van der Waals surface area contributed by atoms with Gasteiger partial charge in [-0.05, 0) is 27.7 Å². The van der Waals surface area contributed by atoms with Crippen molar-refractivity contribution in [3.05, 3.63) is 35.9 Å². The standard InChI is InChI=1S/C14H18O3/c1-10(13(16)17-14(2,3)4)12(15)11-8-6-5-7-9-11/h5-10H,1-4H3. The molecule has 3 heteroatoms. The Morgan fingerprint density at radius 1 is 1.12 bits per heavy atom. The smallest absolute Gasteiger partial charge is 0.317 e. The second kappa shape index (κ2) is 5.13. The van der Waals surface area contributed by atoms with Gasteiger partial charge < -0.3 is 4.74 Å². The van der Waals surface area contributed by atoms with Crippen LogP contribution in [0.1, 0.15) is 38.1 Å². The fourth-order valence-electron chi connectivity index (χ4n) is 1.35. The van der Waals surface area contributed by atoms with E-state index in [0.29, 0.717) is 5.56 Å². The zero-order valence-electron chi connectivity index (χ0n) is 10.7. The second-order valence-corrected chi connectivity index (χ2v) is 4.99. The summed E-state index contributed by atoms with van der Waals surface area (Å²) in [7, 11) is 0. The van der Waals surface area contributed by atoms with Crippen LogP contribution < -0.4 is 0 Å². The van der Waals surface area contributed by atoms with E-state index in [2.05, 4.69) is 0 Å². The van der Waals surface area contributed by atoms with Gasteiger partial charge in [-0.3, -0.25) is 9.59 Å². The van der Waals surface area contributed by atoms with Crippen LogP contribution in [0, 0.1) is 5.92 Å². The van der Waals surface area contributed by atoms with Crippen molar-refractivity contribution in [2.75, 3.05) is 0 Å². The molecular formula is C14H18O3. The summed E-state index contributed by atoms with van der Waals surface area (Å²) < 4.78 is 5.18. The Balaban J connectivity index is 2.74. The summed E-state index contributed by atoms with van der Waals surface area (Å²) in [5.74, 6) is -1.46. The van der Waals surface area contributed by atoms with E-state index in [4.69, 9.17) is 4.74 Å². The number of rotatable bonds is 3. The molecule has 0 aliphatic heterocycles. The summed E-state index contributed by atoms with van der Waals surface area (Å²) in [4.78, 5) is 23.7. The minimum atomic E-state index is -0.767. The number of benzene rings is 1. The first kappa shape index (κ1) is 13.4. The number of esters is 1. The van der Waals surface area contributed by atoms with Gasteiger partial charge in [-0.2, -0.15) is 0 Å². The second-order valence-electron chi connectivity index (χ2n) is 4.99. The van der Waals surface area contributed by atoms with Crippen molar-refractivity contribution < 1.29 is 14.3 Å². The zero-order chi connectivity index (χ0) is 13.1. The molecule has 1 atom stereocenters. The van der Waals surface area contributed by atoms with Gasteiger partial charge in [0.15, 0.2) is 5.78 Å². The first-order valence-electron chi connectivity index (χ1n) is 5.63. The van der Waals surface area contributed by atoms with Gasteiger partial charge in [-0.15, -0.1) is 0 Å². The van der Waals surface area contributed by atoms with Gasteiger partial charge in [0, 0.05) is 5.56 Å². The summed E-state index contributed by atoms with van der Waals surface area (Å²) in [5.41, 5.74) is -0.0339. The highest BCUT2D eigenvalue weighted by molar-refractivity contribution is 6.08. The molecule has 0 amide bonds. The highest BCUT2D eigenvalue weighted by Gasteiger charge is 2.27. The SMILES string of the molecule is CC(C(=O)OC(C)(C)C)C(=O)c1ccccc1. The average Bonchev–Trinajstić information content (AvgIpc) is 2.26. The lowest BCUT2D eigenvalue weighted by molar-refractivity contribution is -0.157. The van der Waals surface area contributed by atoms with Crippen LogP contribution in [0.15, 0.2) is 30.3 Å². The molecule has 1 unspecified atom stereocenters. The fourth-order valence-corrected chi connectivity index (χ4v) is 1.35. The van der Waals surface area contributed by atoms with Crippen molar-refractivity contribution >= 4 is 11.8 Å². The van der Waals surface area contributed by atoms with Gasteiger partial charge in [0.25, 0.3) is 0 Å². The van der Waals surface area contributed by atoms with Crippen LogP contribution in [-0.2, 0) is 9.53 Å². The van der Waals surface area contributed by atoms with Crippen LogP contribution in [0.5, 0.6) is 0 Å². The quantitative estimate of drug-likeness (QED) is 0.459. The average molecular weight is 234 g/mol. The summed E-state index contributed by atoms with van der Waals surface area (Å²) >= 11 is 0. The third-order valence-electron chi connectivity index (χ3n) is 2.21. The van der Waals surface area contributed by atoms with Gasteiger partial charge in [-0.1, -0.05) is 30.3 Å². The molecule has 0 spiro atoms. The molecule has 1 aromatic rings. The van der Waals surface area contributed by atoms with Crippen LogP contribution in [0.25, 0.3) is 0 Å². The highest BCUT2D eigenvalue weighted by Crippen LogP contribution is 2.15. The Morgan fingerprint density at radius 2 is 1.65 bits per heavy atom. The van der Waals surface area contributed by atoms with Crippen LogP contribution in [0.3, 0.4) is 0 Å². The molecule has 0 radical (unpaired) electrons. The van der Waals surface area contributed by atoms with Crippen molar-refractivity contribution in [1.82, 2.24) is 0 Å². The molecule has 0 aromatic heterocycles. The summed E-state index contributed by atoms with van der Waals surface area (Å²) in [6, 6.07) is 8.77. The Bertz CT molecular complexity index is 401. The monoisotopic (exact) mass is 234 g/mol. The Morgan fingerprint density at radius 3 is 2.12 bits per heavy atom. The third-order valence-corrected chi connectivity index (χ3v) is 2.21. The van der Waals surface area contributed by atoms with Crippen LogP contribution in [0.2, 0.25) is 0 Å². The first-order valence-corrected chi connectivity index (χ1v) is 5.63. The number of Topliss-reactive ketones (excluding diaryl/α,β-unsaturated/α-hetero) is 1. The maximum atomic E-state index is 12.0. The number of ketones is 1. The highest BCUT2D eigenvalue weighted by atomic mass is 16.6. The number of carbonyl (C=O) groups is 2. The van der Waals surface area contributed by atoms with Crippen molar-refractivity contribution in [3.63, 3.8) is 0 Å². The van der Waals surface area contributed by atoms with E-state index in [1.165, 1.54) is 0 Å². The van der Waals surface area contributed by atoms with Crippen molar-refractivity contribution in [2.24, 2.45) is 5.92 Å². The Hall–Kier alpha value is -1.64. The summed E-state index contributed by atoms with van der Waals surface area (Å²) in [6.45, 7) is 6.92. The number of carbonyl (C=O) groups excluding carboxylic acids is 2. The third kappa shape index (κ3) is 4.02. The van der Waals surface area contributed by atoms with Gasteiger partial charge in [-0.25, -0.2) is 0 Å². The predicted octanol–water partition coefficient (Wildman–Crippen LogP) is 2.85. The molecule has 0 aliphatic rings. The van der Waals surface area contributed by atoms with Gasteiger partial charge in [0.1, 0.15) is 11.5 Å². The summed E-state index contributed by atoms with van der Waals surface area (Å²) in [5, 5.41) is 0. The van der Waals surface area contributed by atoms with E-state index in [9.17, 15) is 9.59 Å². The predicted molar refractivity (Wildman–Crippen MR) is 65.8 cm³/mol. The summed E-state index contributed by atoms with van der Waals surface area (Å²) in [6.07, 6.45) is 0. The molecule has 92 valence electrons. The maximum absolute atomic E-state index is 12.0. The normalized spacial score (nSPS) is 12.9. The van der Waals surface area contributed by atoms with E-state index in [0.717, 1.165) is 0 Å². The van der Waals surface area contributed by atoms with Crippen molar-refractivity contribution in [2.45, 2.75) is 33.3 Å². The largest absolute Gasteiger partial charge is 0.459 e. The maximum Gasteiger partial charge on any atom is 0.317 e. The topological polar surface area (TPSA) is 43.4 Å². The van der Waals surface area contributed by atoms with Gasteiger partial charge >= 0.3 is 5.97 Å².